The predicted molar refractivity (Wildman–Crippen MR) is 117 cm³/mol. The molecule has 0 aromatic heterocycles. The summed E-state index contributed by atoms with van der Waals surface area (Å²) in [7, 11) is 0. The van der Waals surface area contributed by atoms with Crippen molar-refractivity contribution in [3.63, 3.8) is 0 Å². The van der Waals surface area contributed by atoms with Crippen LogP contribution >= 0.6 is 0 Å². The van der Waals surface area contributed by atoms with Crippen LogP contribution in [0.25, 0.3) is 0 Å². The highest BCUT2D eigenvalue weighted by Crippen LogP contribution is 2.19. The van der Waals surface area contributed by atoms with Gasteiger partial charge < -0.3 is 9.64 Å². The lowest BCUT2D eigenvalue weighted by molar-refractivity contribution is -0.135. The number of amides is 1. The quantitative estimate of drug-likeness (QED) is 0.469. The van der Waals surface area contributed by atoms with Gasteiger partial charge in [0.25, 0.3) is 5.91 Å². The molecule has 3 aromatic carbocycles. The average molecular weight is 413 g/mol. The molecule has 3 aromatic rings. The second-order valence-electron chi connectivity index (χ2n) is 7.65. The SMILES string of the molecule is Cc1ccc(C(=O)c2ccccc2C(=O)OCC(=O)N2CCc3ccccc3C2)cc1. The lowest BCUT2D eigenvalue weighted by Gasteiger charge is -2.28. The number of benzene rings is 3. The van der Waals surface area contributed by atoms with Gasteiger partial charge in [0.2, 0.25) is 0 Å². The van der Waals surface area contributed by atoms with Gasteiger partial charge in [0.15, 0.2) is 12.4 Å². The third kappa shape index (κ3) is 4.56. The van der Waals surface area contributed by atoms with Crippen molar-refractivity contribution in [3.05, 3.63) is 106 Å². The molecule has 31 heavy (non-hydrogen) atoms. The van der Waals surface area contributed by atoms with E-state index in [2.05, 4.69) is 6.07 Å². The largest absolute Gasteiger partial charge is 0.452 e. The Hall–Kier alpha value is -3.73. The van der Waals surface area contributed by atoms with E-state index in [1.165, 1.54) is 5.56 Å². The normalized spacial score (nSPS) is 12.7. The highest BCUT2D eigenvalue weighted by atomic mass is 16.5. The lowest BCUT2D eigenvalue weighted by atomic mass is 9.98. The van der Waals surface area contributed by atoms with Crippen LogP contribution in [-0.4, -0.2) is 35.7 Å². The van der Waals surface area contributed by atoms with E-state index < -0.39 is 5.97 Å². The topological polar surface area (TPSA) is 63.7 Å². The molecule has 0 fully saturated rings. The van der Waals surface area contributed by atoms with Crippen LogP contribution in [-0.2, 0) is 22.5 Å². The maximum atomic E-state index is 12.9. The van der Waals surface area contributed by atoms with E-state index in [4.69, 9.17) is 4.74 Å². The smallest absolute Gasteiger partial charge is 0.339 e. The highest BCUT2D eigenvalue weighted by Gasteiger charge is 2.23. The first kappa shape index (κ1) is 20.5. The number of carbonyl (C=O) groups is 3. The van der Waals surface area contributed by atoms with Crippen LogP contribution in [0, 0.1) is 6.92 Å². The Morgan fingerprint density at radius 1 is 0.839 bits per heavy atom. The molecule has 5 heteroatoms. The Balaban J connectivity index is 1.43. The molecule has 1 amide bonds. The third-order valence-corrected chi connectivity index (χ3v) is 5.52. The van der Waals surface area contributed by atoms with Crippen molar-refractivity contribution in [3.8, 4) is 0 Å². The maximum absolute atomic E-state index is 12.9. The van der Waals surface area contributed by atoms with Crippen LogP contribution in [0.15, 0.2) is 72.8 Å². The van der Waals surface area contributed by atoms with Gasteiger partial charge in [0, 0.05) is 24.2 Å². The molecule has 0 N–H and O–H groups in total. The van der Waals surface area contributed by atoms with E-state index in [0.717, 1.165) is 17.5 Å². The number of ether oxygens (including phenoxy) is 1. The fraction of sp³-hybridized carbons (Fsp3) is 0.192. The van der Waals surface area contributed by atoms with Crippen molar-refractivity contribution in [2.24, 2.45) is 0 Å². The van der Waals surface area contributed by atoms with Gasteiger partial charge in [-0.05, 0) is 30.5 Å². The highest BCUT2D eigenvalue weighted by molar-refractivity contribution is 6.14. The first-order valence-electron chi connectivity index (χ1n) is 10.2. The molecule has 1 heterocycles. The van der Waals surface area contributed by atoms with Crippen molar-refractivity contribution in [1.82, 2.24) is 4.90 Å². The van der Waals surface area contributed by atoms with Gasteiger partial charge in [0.05, 0.1) is 5.56 Å². The Morgan fingerprint density at radius 2 is 1.48 bits per heavy atom. The van der Waals surface area contributed by atoms with Crippen LogP contribution in [0.1, 0.15) is 43.0 Å². The van der Waals surface area contributed by atoms with E-state index in [9.17, 15) is 14.4 Å². The number of hydrogen-bond donors (Lipinski definition) is 0. The summed E-state index contributed by atoms with van der Waals surface area (Å²) >= 11 is 0. The first-order chi connectivity index (χ1) is 15.0. The van der Waals surface area contributed by atoms with Crippen LogP contribution in [0.5, 0.6) is 0 Å². The number of nitrogens with zero attached hydrogens (tertiary/aromatic N) is 1. The maximum Gasteiger partial charge on any atom is 0.339 e. The fourth-order valence-corrected chi connectivity index (χ4v) is 3.72. The van der Waals surface area contributed by atoms with Gasteiger partial charge in [0.1, 0.15) is 0 Å². The average Bonchev–Trinajstić information content (AvgIpc) is 2.82. The number of ketones is 1. The fourth-order valence-electron chi connectivity index (χ4n) is 3.72. The van der Waals surface area contributed by atoms with Crippen molar-refractivity contribution in [2.45, 2.75) is 19.9 Å². The number of esters is 1. The summed E-state index contributed by atoms with van der Waals surface area (Å²) < 4.78 is 5.29. The molecule has 0 saturated carbocycles. The summed E-state index contributed by atoms with van der Waals surface area (Å²) in [5, 5.41) is 0. The number of hydrogen-bond acceptors (Lipinski definition) is 4. The summed E-state index contributed by atoms with van der Waals surface area (Å²) in [6.45, 7) is 2.69. The molecule has 156 valence electrons. The summed E-state index contributed by atoms with van der Waals surface area (Å²) in [5.74, 6) is -1.18. The van der Waals surface area contributed by atoms with Crippen molar-refractivity contribution in [1.29, 1.82) is 0 Å². The Labute approximate surface area is 181 Å². The van der Waals surface area contributed by atoms with Crippen LogP contribution < -0.4 is 0 Å². The van der Waals surface area contributed by atoms with Crippen LogP contribution in [0.3, 0.4) is 0 Å². The van der Waals surface area contributed by atoms with Crippen LogP contribution in [0.2, 0.25) is 0 Å². The summed E-state index contributed by atoms with van der Waals surface area (Å²) in [5.41, 5.74) is 4.31. The number of rotatable bonds is 5. The van der Waals surface area contributed by atoms with Crippen molar-refractivity contribution >= 4 is 17.7 Å². The van der Waals surface area contributed by atoms with Crippen molar-refractivity contribution < 1.29 is 19.1 Å². The van der Waals surface area contributed by atoms with Gasteiger partial charge in [-0.1, -0.05) is 72.3 Å². The summed E-state index contributed by atoms with van der Waals surface area (Å²) in [4.78, 5) is 39.9. The molecular formula is C26H23NO4. The Morgan fingerprint density at radius 3 is 2.23 bits per heavy atom. The molecule has 0 spiro atoms. The number of aryl methyl sites for hydroxylation is 1. The van der Waals surface area contributed by atoms with Crippen LogP contribution in [0.4, 0.5) is 0 Å². The van der Waals surface area contributed by atoms with E-state index in [-0.39, 0.29) is 29.4 Å². The molecule has 0 bridgehead atoms. The van der Waals surface area contributed by atoms with Gasteiger partial charge in [-0.2, -0.15) is 0 Å². The second-order valence-corrected chi connectivity index (χ2v) is 7.65. The Kier molecular flexibility index (Phi) is 5.94. The van der Waals surface area contributed by atoms with E-state index in [1.54, 1.807) is 41.3 Å². The van der Waals surface area contributed by atoms with Crippen molar-refractivity contribution in [2.75, 3.05) is 13.2 Å². The summed E-state index contributed by atoms with van der Waals surface area (Å²) in [6.07, 6.45) is 0.781. The first-order valence-corrected chi connectivity index (χ1v) is 10.2. The molecule has 1 aliphatic heterocycles. The number of carbonyl (C=O) groups excluding carboxylic acids is 3. The molecule has 5 nitrogen and oxygen atoms in total. The summed E-state index contributed by atoms with van der Waals surface area (Å²) in [6, 6.07) is 21.7. The molecule has 0 atom stereocenters. The monoisotopic (exact) mass is 413 g/mol. The molecule has 0 aliphatic carbocycles. The minimum absolute atomic E-state index is 0.157. The zero-order chi connectivity index (χ0) is 21.8. The van der Waals surface area contributed by atoms with E-state index >= 15 is 0 Å². The molecule has 1 aliphatic rings. The van der Waals surface area contributed by atoms with E-state index in [1.807, 2.05) is 37.3 Å². The second kappa shape index (κ2) is 8.96. The minimum Gasteiger partial charge on any atom is -0.452 e. The van der Waals surface area contributed by atoms with E-state index in [0.29, 0.717) is 18.7 Å². The molecule has 4 rings (SSSR count). The molecule has 0 unspecified atom stereocenters. The predicted octanol–water partition coefficient (Wildman–Crippen LogP) is 3.97. The molecular weight excluding hydrogens is 390 g/mol. The van der Waals surface area contributed by atoms with Gasteiger partial charge in [-0.25, -0.2) is 4.79 Å². The standard InChI is InChI=1S/C26H23NO4/c1-18-10-12-20(13-11-18)25(29)22-8-4-5-9-23(22)26(30)31-17-24(28)27-15-14-19-6-2-3-7-21(19)16-27/h2-13H,14-17H2,1H3. The minimum atomic E-state index is -0.679. The lowest BCUT2D eigenvalue weighted by Crippen LogP contribution is -2.38. The number of fused-ring (bicyclic) bond motifs is 1. The van der Waals surface area contributed by atoms with Gasteiger partial charge in [-0.15, -0.1) is 0 Å². The molecule has 0 radical (unpaired) electrons. The zero-order valence-corrected chi connectivity index (χ0v) is 17.3. The zero-order valence-electron chi connectivity index (χ0n) is 17.3. The van der Waals surface area contributed by atoms with Gasteiger partial charge in [-0.3, -0.25) is 9.59 Å². The third-order valence-electron chi connectivity index (χ3n) is 5.52. The molecule has 0 saturated heterocycles. The van der Waals surface area contributed by atoms with Gasteiger partial charge >= 0.3 is 5.97 Å². The Bertz CT molecular complexity index is 1130.